The van der Waals surface area contributed by atoms with Crippen LogP contribution in [-0.2, 0) is 4.74 Å². The number of rotatable bonds is 6. The molecule has 0 spiro atoms. The summed E-state index contributed by atoms with van der Waals surface area (Å²) in [6.45, 7) is 8.51. The van der Waals surface area contributed by atoms with Gasteiger partial charge in [0, 0.05) is 0 Å². The quantitative estimate of drug-likeness (QED) is 0.555. The number of ether oxygens (including phenoxy) is 1. The minimum absolute atomic E-state index is 0.127. The maximum absolute atomic E-state index is 9.05. The molecular formula is C14H24O2. The molecule has 1 N–H and O–H groups in total. The Morgan fingerprint density at radius 1 is 1.31 bits per heavy atom. The van der Waals surface area contributed by atoms with Crippen molar-refractivity contribution in [3.05, 3.63) is 23.3 Å². The molecule has 0 amide bonds. The Hall–Kier alpha value is -0.600. The van der Waals surface area contributed by atoms with Gasteiger partial charge in [-0.05, 0) is 47.0 Å². The SMILES string of the molecule is CC(C)=CCC/C(C)=C/C[C@H]1O[C@@]1(C)CO. The standard InChI is InChI=1S/C14H24O2/c1-11(2)6-5-7-12(3)8-9-13-14(4,10-15)16-13/h6,8,13,15H,5,7,9-10H2,1-4H3/b12-8+/t13-,14+/m1/s1. The predicted molar refractivity (Wildman–Crippen MR) is 67.4 cm³/mol. The average molecular weight is 224 g/mol. The van der Waals surface area contributed by atoms with Gasteiger partial charge in [-0.3, -0.25) is 0 Å². The zero-order valence-electron chi connectivity index (χ0n) is 10.9. The fourth-order valence-corrected chi connectivity index (χ4v) is 1.73. The van der Waals surface area contributed by atoms with Crippen molar-refractivity contribution in [1.82, 2.24) is 0 Å². The van der Waals surface area contributed by atoms with Crippen LogP contribution in [0.3, 0.4) is 0 Å². The summed E-state index contributed by atoms with van der Waals surface area (Å²) in [5.74, 6) is 0. The highest BCUT2D eigenvalue weighted by atomic mass is 16.6. The Balaban J connectivity index is 2.23. The Morgan fingerprint density at radius 3 is 2.50 bits per heavy atom. The van der Waals surface area contributed by atoms with E-state index in [4.69, 9.17) is 9.84 Å². The van der Waals surface area contributed by atoms with E-state index < -0.39 is 0 Å². The first-order chi connectivity index (χ1) is 7.48. The molecule has 2 nitrogen and oxygen atoms in total. The van der Waals surface area contributed by atoms with Crippen LogP contribution in [0.5, 0.6) is 0 Å². The van der Waals surface area contributed by atoms with Gasteiger partial charge in [-0.25, -0.2) is 0 Å². The summed E-state index contributed by atoms with van der Waals surface area (Å²) in [6.07, 6.45) is 7.89. The molecule has 2 heteroatoms. The highest BCUT2D eigenvalue weighted by Crippen LogP contribution is 2.38. The monoisotopic (exact) mass is 224 g/mol. The topological polar surface area (TPSA) is 32.8 Å². The Morgan fingerprint density at radius 2 is 2.00 bits per heavy atom. The molecule has 1 saturated heterocycles. The minimum Gasteiger partial charge on any atom is -0.393 e. The molecule has 92 valence electrons. The summed E-state index contributed by atoms with van der Waals surface area (Å²) in [6, 6.07) is 0. The molecule has 0 aliphatic carbocycles. The third-order valence-corrected chi connectivity index (χ3v) is 3.12. The van der Waals surface area contributed by atoms with Gasteiger partial charge >= 0.3 is 0 Å². The average Bonchev–Trinajstić information content (AvgIpc) is 2.87. The third-order valence-electron chi connectivity index (χ3n) is 3.12. The molecule has 0 aromatic carbocycles. The number of hydrogen-bond donors (Lipinski definition) is 1. The largest absolute Gasteiger partial charge is 0.393 e. The first-order valence-corrected chi connectivity index (χ1v) is 6.05. The second-order valence-electron chi connectivity index (χ2n) is 5.18. The molecule has 1 rings (SSSR count). The van der Waals surface area contributed by atoms with Crippen LogP contribution in [0.1, 0.15) is 47.0 Å². The molecule has 0 bridgehead atoms. The number of aliphatic hydroxyl groups excluding tert-OH is 1. The second-order valence-corrected chi connectivity index (χ2v) is 5.18. The smallest absolute Gasteiger partial charge is 0.115 e. The van der Waals surface area contributed by atoms with Gasteiger partial charge in [0.05, 0.1) is 12.7 Å². The minimum atomic E-state index is -0.267. The summed E-state index contributed by atoms with van der Waals surface area (Å²) in [5, 5.41) is 9.05. The van der Waals surface area contributed by atoms with Crippen molar-refractivity contribution in [1.29, 1.82) is 0 Å². The number of hydrogen-bond acceptors (Lipinski definition) is 2. The highest BCUT2D eigenvalue weighted by molar-refractivity contribution is 5.08. The highest BCUT2D eigenvalue weighted by Gasteiger charge is 2.50. The van der Waals surface area contributed by atoms with E-state index >= 15 is 0 Å². The zero-order valence-corrected chi connectivity index (χ0v) is 10.9. The summed E-state index contributed by atoms with van der Waals surface area (Å²) >= 11 is 0. The van der Waals surface area contributed by atoms with E-state index in [2.05, 4.69) is 32.9 Å². The molecule has 0 aromatic rings. The van der Waals surface area contributed by atoms with Crippen molar-refractivity contribution in [3.63, 3.8) is 0 Å². The van der Waals surface area contributed by atoms with E-state index in [0.717, 1.165) is 19.3 Å². The lowest BCUT2D eigenvalue weighted by Crippen LogP contribution is -2.14. The fourth-order valence-electron chi connectivity index (χ4n) is 1.73. The van der Waals surface area contributed by atoms with E-state index in [1.54, 1.807) is 0 Å². The van der Waals surface area contributed by atoms with Crippen LogP contribution in [0, 0.1) is 0 Å². The van der Waals surface area contributed by atoms with E-state index in [1.807, 2.05) is 6.92 Å². The van der Waals surface area contributed by atoms with Crippen LogP contribution in [0.25, 0.3) is 0 Å². The van der Waals surface area contributed by atoms with Gasteiger partial charge in [0.15, 0.2) is 0 Å². The lowest BCUT2D eigenvalue weighted by Gasteiger charge is -2.00. The van der Waals surface area contributed by atoms with Crippen LogP contribution in [0.15, 0.2) is 23.3 Å². The molecule has 0 radical (unpaired) electrons. The van der Waals surface area contributed by atoms with Gasteiger partial charge in [-0.2, -0.15) is 0 Å². The fraction of sp³-hybridized carbons (Fsp3) is 0.714. The lowest BCUT2D eigenvalue weighted by molar-refractivity contribution is 0.184. The second kappa shape index (κ2) is 5.65. The third kappa shape index (κ3) is 4.11. The van der Waals surface area contributed by atoms with Gasteiger partial charge < -0.3 is 9.84 Å². The molecule has 0 aromatic heterocycles. The molecule has 1 aliphatic heterocycles. The number of epoxide rings is 1. The van der Waals surface area contributed by atoms with Crippen molar-refractivity contribution in [2.24, 2.45) is 0 Å². The van der Waals surface area contributed by atoms with Crippen LogP contribution in [-0.4, -0.2) is 23.4 Å². The maximum atomic E-state index is 9.05. The Kier molecular flexibility index (Phi) is 4.75. The maximum Gasteiger partial charge on any atom is 0.115 e. The summed E-state index contributed by atoms with van der Waals surface area (Å²) in [4.78, 5) is 0. The van der Waals surface area contributed by atoms with Crippen molar-refractivity contribution in [3.8, 4) is 0 Å². The van der Waals surface area contributed by atoms with E-state index in [1.165, 1.54) is 11.1 Å². The molecule has 16 heavy (non-hydrogen) atoms. The van der Waals surface area contributed by atoms with Crippen molar-refractivity contribution in [2.45, 2.75) is 58.7 Å². The number of aliphatic hydroxyl groups is 1. The van der Waals surface area contributed by atoms with Gasteiger partial charge in [0.2, 0.25) is 0 Å². The molecule has 1 heterocycles. The summed E-state index contributed by atoms with van der Waals surface area (Å²) in [5.41, 5.74) is 2.52. The molecule has 1 aliphatic rings. The Labute approximate surface area is 99.0 Å². The van der Waals surface area contributed by atoms with E-state index in [0.29, 0.717) is 0 Å². The predicted octanol–water partition coefficient (Wildman–Crippen LogP) is 3.22. The number of allylic oxidation sites excluding steroid dienone is 3. The van der Waals surface area contributed by atoms with E-state index in [9.17, 15) is 0 Å². The normalized spacial score (nSPS) is 29.1. The van der Waals surface area contributed by atoms with Crippen molar-refractivity contribution >= 4 is 0 Å². The van der Waals surface area contributed by atoms with Gasteiger partial charge in [0.1, 0.15) is 5.60 Å². The summed E-state index contributed by atoms with van der Waals surface area (Å²) < 4.78 is 5.44. The van der Waals surface area contributed by atoms with Crippen molar-refractivity contribution in [2.75, 3.05) is 6.61 Å². The molecule has 0 unspecified atom stereocenters. The molecule has 0 saturated carbocycles. The Bertz CT molecular complexity index is 287. The molecular weight excluding hydrogens is 200 g/mol. The zero-order chi connectivity index (χ0) is 12.2. The van der Waals surface area contributed by atoms with Gasteiger partial charge in [0.25, 0.3) is 0 Å². The van der Waals surface area contributed by atoms with Gasteiger partial charge in [-0.15, -0.1) is 0 Å². The summed E-state index contributed by atoms with van der Waals surface area (Å²) in [7, 11) is 0. The van der Waals surface area contributed by atoms with Gasteiger partial charge in [-0.1, -0.05) is 23.3 Å². The first-order valence-electron chi connectivity index (χ1n) is 6.05. The lowest BCUT2D eigenvalue weighted by atomic mass is 10.0. The van der Waals surface area contributed by atoms with Crippen LogP contribution < -0.4 is 0 Å². The van der Waals surface area contributed by atoms with Crippen LogP contribution >= 0.6 is 0 Å². The van der Waals surface area contributed by atoms with Crippen LogP contribution in [0.4, 0.5) is 0 Å². The van der Waals surface area contributed by atoms with E-state index in [-0.39, 0.29) is 18.3 Å². The van der Waals surface area contributed by atoms with Crippen LogP contribution in [0.2, 0.25) is 0 Å². The van der Waals surface area contributed by atoms with Crippen molar-refractivity contribution < 1.29 is 9.84 Å². The first kappa shape index (κ1) is 13.5. The molecule has 2 atom stereocenters. The molecule has 1 fully saturated rings.